The highest BCUT2D eigenvalue weighted by atomic mass is 16.7. The third kappa shape index (κ3) is 3.81. The minimum absolute atomic E-state index is 0.217. The number of rotatable bonds is 3. The maximum absolute atomic E-state index is 10.5. The van der Waals surface area contributed by atoms with Crippen molar-refractivity contribution < 1.29 is 14.7 Å². The number of phenolic OH excluding ortho intramolecular Hbond substituents is 1. The maximum Gasteiger partial charge on any atom is 0.331 e. The van der Waals surface area contributed by atoms with E-state index < -0.39 is 5.97 Å². The molecule has 0 saturated heterocycles. The molecule has 1 aromatic carbocycles. The highest BCUT2D eigenvalue weighted by Crippen LogP contribution is 2.16. The molecule has 0 aliphatic carbocycles. The molecule has 1 N–H and O–H groups in total. The van der Waals surface area contributed by atoms with E-state index in [4.69, 9.17) is 0 Å². The second-order valence-corrected chi connectivity index (χ2v) is 3.21. The fourth-order valence-electron chi connectivity index (χ4n) is 1.11. The zero-order chi connectivity index (χ0) is 11.3. The predicted octanol–water partition coefficient (Wildman–Crippen LogP) is 1.87. The summed E-state index contributed by atoms with van der Waals surface area (Å²) < 4.78 is 0. The first-order valence-corrected chi connectivity index (χ1v) is 4.57. The van der Waals surface area contributed by atoms with E-state index >= 15 is 0 Å². The van der Waals surface area contributed by atoms with E-state index in [0.717, 1.165) is 5.56 Å². The van der Waals surface area contributed by atoms with E-state index in [1.165, 1.54) is 6.92 Å². The molecule has 15 heavy (non-hydrogen) atoms. The van der Waals surface area contributed by atoms with Crippen molar-refractivity contribution in [1.82, 2.24) is 0 Å². The van der Waals surface area contributed by atoms with E-state index in [9.17, 15) is 9.90 Å². The van der Waals surface area contributed by atoms with E-state index in [2.05, 4.69) is 9.99 Å². The first kappa shape index (κ1) is 11.2. The van der Waals surface area contributed by atoms with Gasteiger partial charge >= 0.3 is 5.97 Å². The minimum atomic E-state index is -0.452. The molecule has 4 nitrogen and oxygen atoms in total. The SMILES string of the molecule is CC(=O)ON=C(C)Cc1ccccc1O. The van der Waals surface area contributed by atoms with E-state index in [1.54, 1.807) is 25.1 Å². The minimum Gasteiger partial charge on any atom is -0.508 e. The first-order valence-electron chi connectivity index (χ1n) is 4.57. The molecular formula is C11H13NO3. The number of carbonyl (C=O) groups excluding carboxylic acids is 1. The zero-order valence-corrected chi connectivity index (χ0v) is 8.73. The number of hydrogen-bond donors (Lipinski definition) is 1. The summed E-state index contributed by atoms with van der Waals surface area (Å²) in [5, 5.41) is 13.1. The number of para-hydroxylation sites is 1. The number of hydrogen-bond acceptors (Lipinski definition) is 4. The van der Waals surface area contributed by atoms with Crippen molar-refractivity contribution in [3.63, 3.8) is 0 Å². The molecule has 0 heterocycles. The molecule has 1 rings (SSSR count). The first-order chi connectivity index (χ1) is 7.09. The molecular weight excluding hydrogens is 194 g/mol. The highest BCUT2D eigenvalue weighted by molar-refractivity contribution is 5.84. The standard InChI is InChI=1S/C11H13NO3/c1-8(12-15-9(2)13)7-10-5-3-4-6-11(10)14/h3-6,14H,7H2,1-2H3. The number of nitrogens with zero attached hydrogens (tertiary/aromatic N) is 1. The molecule has 0 aliphatic rings. The molecule has 4 heteroatoms. The van der Waals surface area contributed by atoms with E-state index in [1.807, 2.05) is 6.07 Å². The van der Waals surface area contributed by atoms with Crippen LogP contribution < -0.4 is 0 Å². The Labute approximate surface area is 88.2 Å². The largest absolute Gasteiger partial charge is 0.508 e. The number of oxime groups is 1. The van der Waals surface area contributed by atoms with Crippen molar-refractivity contribution in [2.75, 3.05) is 0 Å². The smallest absolute Gasteiger partial charge is 0.331 e. The average molecular weight is 207 g/mol. The number of aromatic hydroxyl groups is 1. The van der Waals surface area contributed by atoms with Gasteiger partial charge in [-0.1, -0.05) is 23.4 Å². The van der Waals surface area contributed by atoms with Gasteiger partial charge in [-0.25, -0.2) is 4.79 Å². The van der Waals surface area contributed by atoms with Crippen LogP contribution in [0.2, 0.25) is 0 Å². The maximum atomic E-state index is 10.5. The second kappa shape index (κ2) is 5.14. The summed E-state index contributed by atoms with van der Waals surface area (Å²) in [5.74, 6) is -0.235. The fraction of sp³-hybridized carbons (Fsp3) is 0.273. The second-order valence-electron chi connectivity index (χ2n) is 3.21. The summed E-state index contributed by atoms with van der Waals surface area (Å²) in [6, 6.07) is 6.97. The molecule has 0 atom stereocenters. The third-order valence-corrected chi connectivity index (χ3v) is 1.77. The lowest BCUT2D eigenvalue weighted by atomic mass is 10.1. The Morgan fingerprint density at radius 2 is 2.07 bits per heavy atom. The van der Waals surface area contributed by atoms with Crippen LogP contribution in [-0.2, 0) is 16.1 Å². The summed E-state index contributed by atoms with van der Waals surface area (Å²) in [6.45, 7) is 3.02. The van der Waals surface area contributed by atoms with Gasteiger partial charge in [0.1, 0.15) is 5.75 Å². The van der Waals surface area contributed by atoms with Crippen LogP contribution in [-0.4, -0.2) is 16.8 Å². The van der Waals surface area contributed by atoms with Crippen molar-refractivity contribution in [1.29, 1.82) is 0 Å². The lowest BCUT2D eigenvalue weighted by Crippen LogP contribution is -2.01. The van der Waals surface area contributed by atoms with E-state index in [-0.39, 0.29) is 5.75 Å². The summed E-state index contributed by atoms with van der Waals surface area (Å²) in [6.07, 6.45) is 0.458. The molecule has 0 fully saturated rings. The van der Waals surface area contributed by atoms with Crippen LogP contribution in [0.4, 0.5) is 0 Å². The fourth-order valence-corrected chi connectivity index (χ4v) is 1.11. The number of benzene rings is 1. The van der Waals surface area contributed by atoms with Crippen molar-refractivity contribution >= 4 is 11.7 Å². The predicted molar refractivity (Wildman–Crippen MR) is 56.7 cm³/mol. The van der Waals surface area contributed by atoms with Gasteiger partial charge in [-0.2, -0.15) is 0 Å². The molecule has 0 bridgehead atoms. The van der Waals surface area contributed by atoms with Gasteiger partial charge in [0, 0.05) is 13.3 Å². The average Bonchev–Trinajstić information content (AvgIpc) is 2.18. The number of carbonyl (C=O) groups is 1. The van der Waals surface area contributed by atoms with Crippen LogP contribution in [0.25, 0.3) is 0 Å². The molecule has 0 amide bonds. The summed E-state index contributed by atoms with van der Waals surface area (Å²) in [4.78, 5) is 15.0. The van der Waals surface area contributed by atoms with Gasteiger partial charge < -0.3 is 9.94 Å². The molecule has 0 unspecified atom stereocenters. The zero-order valence-electron chi connectivity index (χ0n) is 8.73. The topological polar surface area (TPSA) is 58.9 Å². The van der Waals surface area contributed by atoms with Gasteiger partial charge in [0.25, 0.3) is 0 Å². The molecule has 0 aromatic heterocycles. The monoisotopic (exact) mass is 207 g/mol. The van der Waals surface area contributed by atoms with Gasteiger partial charge in [0.2, 0.25) is 0 Å². The van der Waals surface area contributed by atoms with Crippen LogP contribution in [0.5, 0.6) is 5.75 Å². The molecule has 0 spiro atoms. The van der Waals surface area contributed by atoms with Crippen molar-refractivity contribution in [3.8, 4) is 5.75 Å². The summed E-state index contributed by atoms with van der Waals surface area (Å²) in [5.41, 5.74) is 1.39. The van der Waals surface area contributed by atoms with Gasteiger partial charge in [0.15, 0.2) is 0 Å². The Balaban J connectivity index is 2.66. The molecule has 0 radical (unpaired) electrons. The summed E-state index contributed by atoms with van der Waals surface area (Å²) >= 11 is 0. The Morgan fingerprint density at radius 3 is 2.67 bits per heavy atom. The lowest BCUT2D eigenvalue weighted by molar-refractivity contribution is -0.140. The van der Waals surface area contributed by atoms with Gasteiger partial charge in [-0.15, -0.1) is 0 Å². The van der Waals surface area contributed by atoms with E-state index in [0.29, 0.717) is 12.1 Å². The third-order valence-electron chi connectivity index (χ3n) is 1.77. The van der Waals surface area contributed by atoms with Crippen LogP contribution in [0.15, 0.2) is 29.4 Å². The Hall–Kier alpha value is -1.84. The van der Waals surface area contributed by atoms with Gasteiger partial charge in [-0.3, -0.25) is 0 Å². The molecule has 80 valence electrons. The Bertz CT molecular complexity index is 385. The Kier molecular flexibility index (Phi) is 3.85. The van der Waals surface area contributed by atoms with Crippen LogP contribution in [0, 0.1) is 0 Å². The lowest BCUT2D eigenvalue weighted by Gasteiger charge is -2.02. The van der Waals surface area contributed by atoms with Crippen LogP contribution in [0.3, 0.4) is 0 Å². The molecule has 1 aromatic rings. The Morgan fingerprint density at radius 1 is 1.40 bits per heavy atom. The quantitative estimate of drug-likeness (QED) is 0.467. The highest BCUT2D eigenvalue weighted by Gasteiger charge is 2.02. The molecule has 0 saturated carbocycles. The van der Waals surface area contributed by atoms with Gasteiger partial charge in [0.05, 0.1) is 5.71 Å². The number of phenols is 1. The van der Waals surface area contributed by atoms with Crippen LogP contribution in [0.1, 0.15) is 19.4 Å². The van der Waals surface area contributed by atoms with Crippen LogP contribution >= 0.6 is 0 Å². The molecule has 0 aliphatic heterocycles. The van der Waals surface area contributed by atoms with Crippen molar-refractivity contribution in [3.05, 3.63) is 29.8 Å². The van der Waals surface area contributed by atoms with Crippen molar-refractivity contribution in [2.24, 2.45) is 5.16 Å². The van der Waals surface area contributed by atoms with Crippen molar-refractivity contribution in [2.45, 2.75) is 20.3 Å². The normalized spacial score (nSPS) is 11.2. The van der Waals surface area contributed by atoms with Gasteiger partial charge in [-0.05, 0) is 18.6 Å². The summed E-state index contributed by atoms with van der Waals surface area (Å²) in [7, 11) is 0.